The van der Waals surface area contributed by atoms with Gasteiger partial charge in [-0.1, -0.05) is 17.7 Å². The number of ether oxygens (including phenoxy) is 2. The average Bonchev–Trinajstić information content (AvgIpc) is 3.26. The number of carbonyl (C=O) groups is 2. The summed E-state index contributed by atoms with van der Waals surface area (Å²) in [6, 6.07) is 11.4. The lowest BCUT2D eigenvalue weighted by atomic mass is 10.1. The molecule has 0 saturated heterocycles. The van der Waals surface area contributed by atoms with Gasteiger partial charge in [0.15, 0.2) is 6.10 Å². The molecule has 2 aromatic carbocycles. The molecule has 0 bridgehead atoms. The number of rotatable bonds is 7. The Balaban J connectivity index is 1.58. The van der Waals surface area contributed by atoms with Gasteiger partial charge < -0.3 is 14.8 Å². The first kappa shape index (κ1) is 22.9. The highest BCUT2D eigenvalue weighted by molar-refractivity contribution is 7.09. The number of nitrogens with zero attached hydrogens (tertiary/aromatic N) is 2. The van der Waals surface area contributed by atoms with E-state index in [1.54, 1.807) is 25.4 Å². The molecule has 2 amide bonds. The minimum Gasteiger partial charge on any atom is -0.479 e. The average molecular weight is 466 g/mol. The third-order valence-corrected chi connectivity index (χ3v) is 6.40. The fraction of sp³-hybridized carbons (Fsp3) is 0.320. The molecule has 1 N–H and O–H groups in total. The largest absolute Gasteiger partial charge is 0.479 e. The molecule has 172 valence electrons. The molecule has 1 atom stereocenters. The third-order valence-electron chi connectivity index (χ3n) is 5.49. The summed E-state index contributed by atoms with van der Waals surface area (Å²) in [5, 5.41) is 5.89. The van der Waals surface area contributed by atoms with Gasteiger partial charge in [-0.3, -0.25) is 14.5 Å². The molecule has 33 heavy (non-hydrogen) atoms. The van der Waals surface area contributed by atoms with Crippen molar-refractivity contribution in [2.75, 3.05) is 30.5 Å². The highest BCUT2D eigenvalue weighted by Crippen LogP contribution is 2.37. The quantitative estimate of drug-likeness (QED) is 0.561. The van der Waals surface area contributed by atoms with Crippen LogP contribution in [-0.2, 0) is 20.7 Å². The van der Waals surface area contributed by atoms with Gasteiger partial charge in [0.25, 0.3) is 5.91 Å². The SMILES string of the molecule is COCCc1nc(-c2ccc3c(c2)N(CC(=O)Nc2ccc(C)cc2C)C(=O)C(C)O3)cs1. The number of amides is 2. The molecule has 0 aliphatic carbocycles. The lowest BCUT2D eigenvalue weighted by Crippen LogP contribution is -2.47. The van der Waals surface area contributed by atoms with E-state index >= 15 is 0 Å². The van der Waals surface area contributed by atoms with E-state index in [1.165, 1.54) is 4.90 Å². The predicted octanol–water partition coefficient (Wildman–Crippen LogP) is 4.37. The van der Waals surface area contributed by atoms with Gasteiger partial charge in [0.1, 0.15) is 12.3 Å². The summed E-state index contributed by atoms with van der Waals surface area (Å²) in [5.41, 5.74) is 5.08. The zero-order chi connectivity index (χ0) is 23.5. The van der Waals surface area contributed by atoms with E-state index in [2.05, 4.69) is 10.3 Å². The Bertz CT molecular complexity index is 1190. The number of carbonyl (C=O) groups excluding carboxylic acids is 2. The van der Waals surface area contributed by atoms with E-state index in [9.17, 15) is 9.59 Å². The molecule has 1 unspecified atom stereocenters. The Labute approximate surface area is 197 Å². The third kappa shape index (κ3) is 5.07. The van der Waals surface area contributed by atoms with Gasteiger partial charge in [-0.25, -0.2) is 4.98 Å². The summed E-state index contributed by atoms with van der Waals surface area (Å²) in [6.07, 6.45) is 0.0767. The molecule has 3 aromatic rings. The first-order valence-electron chi connectivity index (χ1n) is 10.8. The monoisotopic (exact) mass is 465 g/mol. The second-order valence-corrected chi connectivity index (χ2v) is 9.05. The number of nitrogens with one attached hydrogen (secondary N) is 1. The molecule has 1 aliphatic heterocycles. The Hall–Kier alpha value is -3.23. The number of hydrogen-bond donors (Lipinski definition) is 1. The van der Waals surface area contributed by atoms with Crippen LogP contribution in [0, 0.1) is 13.8 Å². The normalized spacial score (nSPS) is 15.2. The fourth-order valence-electron chi connectivity index (χ4n) is 3.76. The number of hydrogen-bond acceptors (Lipinski definition) is 6. The zero-order valence-corrected chi connectivity index (χ0v) is 20.0. The maximum Gasteiger partial charge on any atom is 0.268 e. The van der Waals surface area contributed by atoms with Crippen molar-refractivity contribution >= 4 is 34.5 Å². The smallest absolute Gasteiger partial charge is 0.268 e. The van der Waals surface area contributed by atoms with Gasteiger partial charge in [0.2, 0.25) is 5.91 Å². The Morgan fingerprint density at radius 2 is 2.06 bits per heavy atom. The Kier molecular flexibility index (Phi) is 6.76. The van der Waals surface area contributed by atoms with Crippen LogP contribution >= 0.6 is 11.3 Å². The van der Waals surface area contributed by atoms with Crippen molar-refractivity contribution in [1.29, 1.82) is 0 Å². The van der Waals surface area contributed by atoms with E-state index in [4.69, 9.17) is 9.47 Å². The van der Waals surface area contributed by atoms with Crippen molar-refractivity contribution in [3.63, 3.8) is 0 Å². The van der Waals surface area contributed by atoms with Crippen LogP contribution in [0.1, 0.15) is 23.1 Å². The van der Waals surface area contributed by atoms with E-state index < -0.39 is 6.10 Å². The van der Waals surface area contributed by atoms with E-state index in [1.807, 2.05) is 55.6 Å². The van der Waals surface area contributed by atoms with Crippen molar-refractivity contribution in [1.82, 2.24) is 4.98 Å². The zero-order valence-electron chi connectivity index (χ0n) is 19.2. The van der Waals surface area contributed by atoms with Crippen molar-refractivity contribution in [3.8, 4) is 17.0 Å². The highest BCUT2D eigenvalue weighted by Gasteiger charge is 2.33. The summed E-state index contributed by atoms with van der Waals surface area (Å²) < 4.78 is 10.9. The topological polar surface area (TPSA) is 80.8 Å². The standard InChI is InChI=1S/C25H27N3O4S/c1-15-5-7-19(16(2)11-15)26-23(29)13-28-21-12-18(6-8-22(21)32-17(3)25(28)30)20-14-33-24(27-20)9-10-31-4/h5-8,11-12,14,17H,9-10,13H2,1-4H3,(H,26,29). The number of aromatic nitrogens is 1. The van der Waals surface area contributed by atoms with Crippen LogP contribution in [0.4, 0.5) is 11.4 Å². The molecule has 0 spiro atoms. The summed E-state index contributed by atoms with van der Waals surface area (Å²) >= 11 is 1.57. The number of benzene rings is 2. The van der Waals surface area contributed by atoms with Crippen LogP contribution in [0.15, 0.2) is 41.8 Å². The maximum absolute atomic E-state index is 13.0. The van der Waals surface area contributed by atoms with Crippen LogP contribution in [0.3, 0.4) is 0 Å². The molecule has 1 aliphatic rings. The van der Waals surface area contributed by atoms with Crippen LogP contribution in [0.2, 0.25) is 0 Å². The van der Waals surface area contributed by atoms with Crippen LogP contribution in [0.5, 0.6) is 5.75 Å². The van der Waals surface area contributed by atoms with Gasteiger partial charge in [-0.15, -0.1) is 11.3 Å². The number of anilines is 2. The molecule has 0 radical (unpaired) electrons. The minimum absolute atomic E-state index is 0.105. The molecule has 0 saturated carbocycles. The first-order valence-corrected chi connectivity index (χ1v) is 11.7. The number of thiazole rings is 1. The second kappa shape index (κ2) is 9.72. The maximum atomic E-state index is 13.0. The Morgan fingerprint density at radius 1 is 1.24 bits per heavy atom. The van der Waals surface area contributed by atoms with E-state index in [0.29, 0.717) is 18.0 Å². The summed E-state index contributed by atoms with van der Waals surface area (Å²) in [6.45, 7) is 6.15. The summed E-state index contributed by atoms with van der Waals surface area (Å²) in [5.74, 6) is 0.0470. The molecule has 2 heterocycles. The lowest BCUT2D eigenvalue weighted by Gasteiger charge is -2.33. The fourth-order valence-corrected chi connectivity index (χ4v) is 4.55. The van der Waals surface area contributed by atoms with Gasteiger partial charge in [0, 0.05) is 30.2 Å². The molecule has 8 heteroatoms. The second-order valence-electron chi connectivity index (χ2n) is 8.10. The lowest BCUT2D eigenvalue weighted by molar-refractivity contribution is -0.127. The molecular formula is C25H27N3O4S. The molecule has 4 rings (SSSR count). The van der Waals surface area contributed by atoms with Crippen LogP contribution in [0.25, 0.3) is 11.3 Å². The van der Waals surface area contributed by atoms with Crippen molar-refractivity contribution in [2.24, 2.45) is 0 Å². The number of fused-ring (bicyclic) bond motifs is 1. The van der Waals surface area contributed by atoms with Gasteiger partial charge in [-0.2, -0.15) is 0 Å². The van der Waals surface area contributed by atoms with Crippen molar-refractivity contribution in [3.05, 3.63) is 57.9 Å². The van der Waals surface area contributed by atoms with Crippen LogP contribution < -0.4 is 15.0 Å². The Morgan fingerprint density at radius 3 is 2.82 bits per heavy atom. The van der Waals surface area contributed by atoms with Crippen molar-refractivity contribution < 1.29 is 19.1 Å². The van der Waals surface area contributed by atoms with Gasteiger partial charge >= 0.3 is 0 Å². The van der Waals surface area contributed by atoms with E-state index in [-0.39, 0.29) is 18.4 Å². The number of aryl methyl sites for hydroxylation is 2. The molecule has 1 aromatic heterocycles. The summed E-state index contributed by atoms with van der Waals surface area (Å²) in [4.78, 5) is 32.0. The number of methoxy groups -OCH3 is 1. The van der Waals surface area contributed by atoms with E-state index in [0.717, 1.165) is 39.5 Å². The molecule has 0 fully saturated rings. The van der Waals surface area contributed by atoms with Crippen LogP contribution in [-0.4, -0.2) is 43.2 Å². The van der Waals surface area contributed by atoms with Gasteiger partial charge in [0.05, 0.1) is 23.0 Å². The molecule has 7 nitrogen and oxygen atoms in total. The van der Waals surface area contributed by atoms with Crippen molar-refractivity contribution in [2.45, 2.75) is 33.3 Å². The summed E-state index contributed by atoms with van der Waals surface area (Å²) in [7, 11) is 1.67. The minimum atomic E-state index is -0.669. The first-order chi connectivity index (χ1) is 15.9. The molecular weight excluding hydrogens is 438 g/mol. The predicted molar refractivity (Wildman–Crippen MR) is 130 cm³/mol. The van der Waals surface area contributed by atoms with Gasteiger partial charge in [-0.05, 0) is 50.6 Å². The highest BCUT2D eigenvalue weighted by atomic mass is 32.1.